The monoisotopic (exact) mass is 314 g/mol. The second kappa shape index (κ2) is 6.23. The average molecular weight is 314 g/mol. The molecular weight excluding hydrogens is 288 g/mol. The summed E-state index contributed by atoms with van der Waals surface area (Å²) in [5.74, 6) is 0.997. The SMILES string of the molecule is O[C@@]1(CN2CCCC2)CCCN(Cc2nc3ccccc3[nH]2)C1. The second-order valence-electron chi connectivity index (χ2n) is 7.22. The quantitative estimate of drug-likeness (QED) is 0.906. The lowest BCUT2D eigenvalue weighted by molar-refractivity contribution is -0.0523. The van der Waals surface area contributed by atoms with Gasteiger partial charge in [0.15, 0.2) is 0 Å². The molecule has 1 aromatic heterocycles. The maximum absolute atomic E-state index is 11.0. The molecular formula is C18H26N4O. The molecule has 4 rings (SSSR count). The van der Waals surface area contributed by atoms with Gasteiger partial charge in [-0.05, 0) is 57.5 Å². The molecule has 23 heavy (non-hydrogen) atoms. The van der Waals surface area contributed by atoms with Crippen LogP contribution in [-0.2, 0) is 6.54 Å². The zero-order valence-electron chi connectivity index (χ0n) is 13.7. The summed E-state index contributed by atoms with van der Waals surface area (Å²) in [7, 11) is 0. The first-order valence-electron chi connectivity index (χ1n) is 8.81. The van der Waals surface area contributed by atoms with Crippen molar-refractivity contribution in [2.45, 2.75) is 37.8 Å². The van der Waals surface area contributed by atoms with Crippen LogP contribution >= 0.6 is 0 Å². The number of aromatic nitrogens is 2. The maximum atomic E-state index is 11.0. The molecule has 3 heterocycles. The van der Waals surface area contributed by atoms with Crippen molar-refractivity contribution >= 4 is 11.0 Å². The van der Waals surface area contributed by atoms with Crippen LogP contribution in [0.5, 0.6) is 0 Å². The highest BCUT2D eigenvalue weighted by Gasteiger charge is 2.35. The summed E-state index contributed by atoms with van der Waals surface area (Å²) in [5, 5.41) is 11.0. The van der Waals surface area contributed by atoms with E-state index in [-0.39, 0.29) is 0 Å². The number of nitrogens with one attached hydrogen (secondary N) is 1. The number of aliphatic hydroxyl groups is 1. The summed E-state index contributed by atoms with van der Waals surface area (Å²) >= 11 is 0. The fourth-order valence-corrected chi connectivity index (χ4v) is 4.12. The Bertz CT molecular complexity index is 631. The Hall–Kier alpha value is -1.43. The Morgan fingerprint density at radius 1 is 1.09 bits per heavy atom. The van der Waals surface area contributed by atoms with Crippen molar-refractivity contribution in [3.05, 3.63) is 30.1 Å². The maximum Gasteiger partial charge on any atom is 0.121 e. The van der Waals surface area contributed by atoms with Gasteiger partial charge in [0.25, 0.3) is 0 Å². The molecule has 2 aliphatic rings. The molecule has 2 aromatic rings. The second-order valence-corrected chi connectivity index (χ2v) is 7.22. The van der Waals surface area contributed by atoms with Gasteiger partial charge in [0.2, 0.25) is 0 Å². The van der Waals surface area contributed by atoms with E-state index in [9.17, 15) is 5.11 Å². The van der Waals surface area contributed by atoms with Gasteiger partial charge in [0.05, 0.1) is 23.2 Å². The van der Waals surface area contributed by atoms with Gasteiger partial charge in [-0.25, -0.2) is 4.98 Å². The van der Waals surface area contributed by atoms with Crippen LogP contribution in [-0.4, -0.2) is 63.2 Å². The summed E-state index contributed by atoms with van der Waals surface area (Å²) in [6.45, 7) is 5.69. The van der Waals surface area contributed by atoms with Crippen LogP contribution in [0.1, 0.15) is 31.5 Å². The van der Waals surface area contributed by atoms with Crippen LogP contribution in [0.15, 0.2) is 24.3 Å². The van der Waals surface area contributed by atoms with E-state index >= 15 is 0 Å². The van der Waals surface area contributed by atoms with Crippen LogP contribution in [0.4, 0.5) is 0 Å². The van der Waals surface area contributed by atoms with E-state index < -0.39 is 5.60 Å². The summed E-state index contributed by atoms with van der Waals surface area (Å²) in [5.41, 5.74) is 1.55. The van der Waals surface area contributed by atoms with Gasteiger partial charge in [-0.2, -0.15) is 0 Å². The van der Waals surface area contributed by atoms with Crippen molar-refractivity contribution in [2.24, 2.45) is 0 Å². The Kier molecular flexibility index (Phi) is 4.09. The predicted molar refractivity (Wildman–Crippen MR) is 91.2 cm³/mol. The number of β-amino-alcohol motifs (C(OH)–C–C–N with tert-alkyl or cyclic N) is 1. The summed E-state index contributed by atoms with van der Waals surface area (Å²) in [6.07, 6.45) is 4.53. The highest BCUT2D eigenvalue weighted by molar-refractivity contribution is 5.74. The van der Waals surface area contributed by atoms with E-state index in [1.165, 1.54) is 12.8 Å². The number of piperidine rings is 1. The van der Waals surface area contributed by atoms with Gasteiger partial charge in [0.1, 0.15) is 5.82 Å². The Morgan fingerprint density at radius 3 is 2.70 bits per heavy atom. The van der Waals surface area contributed by atoms with Gasteiger partial charge in [-0.3, -0.25) is 4.90 Å². The van der Waals surface area contributed by atoms with E-state index in [1.807, 2.05) is 18.2 Å². The highest BCUT2D eigenvalue weighted by Crippen LogP contribution is 2.25. The molecule has 0 aliphatic carbocycles. The van der Waals surface area contributed by atoms with Crippen LogP contribution < -0.4 is 0 Å². The fourth-order valence-electron chi connectivity index (χ4n) is 4.12. The lowest BCUT2D eigenvalue weighted by atomic mass is 9.92. The van der Waals surface area contributed by atoms with E-state index in [4.69, 9.17) is 0 Å². The molecule has 1 atom stereocenters. The Labute approximate surface area is 137 Å². The molecule has 2 fully saturated rings. The highest BCUT2D eigenvalue weighted by atomic mass is 16.3. The minimum absolute atomic E-state index is 0.561. The number of hydrogen-bond donors (Lipinski definition) is 2. The molecule has 2 aliphatic heterocycles. The van der Waals surface area contributed by atoms with E-state index in [0.29, 0.717) is 0 Å². The van der Waals surface area contributed by atoms with E-state index in [1.54, 1.807) is 0 Å². The van der Waals surface area contributed by atoms with Crippen LogP contribution in [0.3, 0.4) is 0 Å². The number of likely N-dealkylation sites (tertiary alicyclic amines) is 2. The molecule has 0 spiro atoms. The van der Waals surface area contributed by atoms with Crippen LogP contribution in [0, 0.1) is 0 Å². The van der Waals surface area contributed by atoms with Crippen LogP contribution in [0.25, 0.3) is 11.0 Å². The van der Waals surface area contributed by atoms with Gasteiger partial charge in [0, 0.05) is 13.1 Å². The van der Waals surface area contributed by atoms with Gasteiger partial charge >= 0.3 is 0 Å². The third-order valence-corrected chi connectivity index (χ3v) is 5.16. The molecule has 124 valence electrons. The van der Waals surface area contributed by atoms with Gasteiger partial charge < -0.3 is 15.0 Å². The molecule has 5 nitrogen and oxygen atoms in total. The van der Waals surface area contributed by atoms with Crippen molar-refractivity contribution in [1.29, 1.82) is 0 Å². The number of hydrogen-bond acceptors (Lipinski definition) is 4. The Morgan fingerprint density at radius 2 is 1.87 bits per heavy atom. The largest absolute Gasteiger partial charge is 0.387 e. The topological polar surface area (TPSA) is 55.4 Å². The molecule has 2 N–H and O–H groups in total. The normalized spacial score (nSPS) is 27.0. The van der Waals surface area contributed by atoms with Crippen molar-refractivity contribution in [1.82, 2.24) is 19.8 Å². The zero-order valence-corrected chi connectivity index (χ0v) is 13.7. The third kappa shape index (κ3) is 3.42. The number of para-hydroxylation sites is 2. The lowest BCUT2D eigenvalue weighted by Gasteiger charge is -2.41. The minimum atomic E-state index is -0.561. The van der Waals surface area contributed by atoms with Gasteiger partial charge in [-0.15, -0.1) is 0 Å². The van der Waals surface area contributed by atoms with E-state index in [2.05, 4.69) is 25.8 Å². The van der Waals surface area contributed by atoms with Crippen molar-refractivity contribution in [2.75, 3.05) is 32.7 Å². The number of imidazole rings is 1. The van der Waals surface area contributed by atoms with Crippen molar-refractivity contribution in [3.63, 3.8) is 0 Å². The molecule has 1 aromatic carbocycles. The van der Waals surface area contributed by atoms with Crippen molar-refractivity contribution < 1.29 is 5.11 Å². The molecule has 5 heteroatoms. The third-order valence-electron chi connectivity index (χ3n) is 5.16. The number of nitrogens with zero attached hydrogens (tertiary/aromatic N) is 3. The first-order valence-corrected chi connectivity index (χ1v) is 8.81. The molecule has 0 radical (unpaired) electrons. The number of benzene rings is 1. The summed E-state index contributed by atoms with van der Waals surface area (Å²) in [4.78, 5) is 12.8. The fraction of sp³-hybridized carbons (Fsp3) is 0.611. The number of aromatic amines is 1. The zero-order chi connectivity index (χ0) is 15.7. The molecule has 0 amide bonds. The smallest absolute Gasteiger partial charge is 0.121 e. The summed E-state index contributed by atoms with van der Waals surface area (Å²) in [6, 6.07) is 8.14. The number of rotatable bonds is 4. The molecule has 2 saturated heterocycles. The average Bonchev–Trinajstić information content (AvgIpc) is 3.15. The molecule has 0 saturated carbocycles. The molecule has 0 bridgehead atoms. The van der Waals surface area contributed by atoms with E-state index in [0.717, 1.165) is 69.0 Å². The lowest BCUT2D eigenvalue weighted by Crippen LogP contribution is -2.53. The Balaban J connectivity index is 1.42. The minimum Gasteiger partial charge on any atom is -0.387 e. The predicted octanol–water partition coefficient (Wildman–Crippen LogP) is 1.99. The number of fused-ring (bicyclic) bond motifs is 1. The summed E-state index contributed by atoms with van der Waals surface area (Å²) < 4.78 is 0. The first kappa shape index (κ1) is 15.1. The van der Waals surface area contributed by atoms with Crippen molar-refractivity contribution in [3.8, 4) is 0 Å². The first-order chi connectivity index (χ1) is 11.2. The number of H-pyrrole nitrogens is 1. The van der Waals surface area contributed by atoms with Crippen LogP contribution in [0.2, 0.25) is 0 Å². The van der Waals surface area contributed by atoms with Gasteiger partial charge in [-0.1, -0.05) is 12.1 Å². The molecule has 0 unspecified atom stereocenters. The standard InChI is InChI=1S/C18H26N4O/c23-18(13-21-9-3-4-10-21)8-5-11-22(14-18)12-17-19-15-6-1-2-7-16(15)20-17/h1-2,6-7,23H,3-5,8-14H2,(H,19,20)/t18-/m1/s1.